The van der Waals surface area contributed by atoms with E-state index in [1.807, 2.05) is 18.2 Å². The first-order valence-corrected chi connectivity index (χ1v) is 46.4. The normalized spacial score (nSPS) is 14.6. The Morgan fingerprint density at radius 1 is 0.259 bits per heavy atom. The number of phosphoric ester groups is 2. The zero-order valence-electron chi connectivity index (χ0n) is 70.0. The molecule has 0 amide bonds. The maximum absolute atomic E-state index is 13.2. The molecule has 0 aliphatic heterocycles. The van der Waals surface area contributed by atoms with Crippen molar-refractivity contribution in [2.24, 2.45) is 0 Å². The van der Waals surface area contributed by atoms with Gasteiger partial charge < -0.3 is 33.8 Å². The molecule has 0 aromatic carbocycles. The predicted octanol–water partition coefficient (Wildman–Crippen LogP) is 26.1. The van der Waals surface area contributed by atoms with E-state index < -0.39 is 97.5 Å². The van der Waals surface area contributed by atoms with Gasteiger partial charge in [0, 0.05) is 25.7 Å². The number of unbranched alkanes of at least 4 members (excludes halogenated alkanes) is 26. The molecule has 0 fully saturated rings. The molecular formula is C93H154O17P2. The van der Waals surface area contributed by atoms with E-state index in [2.05, 4.69) is 180 Å². The summed E-state index contributed by atoms with van der Waals surface area (Å²) in [6, 6.07) is 0. The molecule has 3 N–H and O–H groups in total. The van der Waals surface area contributed by atoms with Crippen LogP contribution >= 0.6 is 15.6 Å². The van der Waals surface area contributed by atoms with E-state index >= 15 is 0 Å². The van der Waals surface area contributed by atoms with Gasteiger partial charge in [-0.1, -0.05) is 333 Å². The van der Waals surface area contributed by atoms with Crippen molar-refractivity contribution in [1.29, 1.82) is 0 Å². The van der Waals surface area contributed by atoms with Gasteiger partial charge in [-0.3, -0.25) is 37.3 Å². The molecule has 638 valence electrons. The standard InChI is InChI=1S/C93H154O17P2/c1-5-9-13-17-21-25-29-33-37-40-43-46-50-53-57-61-65-69-73-77-90(95)103-83-88(109-92(97)79-75-71-67-63-59-55-49-36-32-28-24-20-16-12-8-4)85-107-111(99,100)105-81-87(94)82-106-112(101,102)108-86-89(110-93(98)80-76-72-68-64-60-56-52-48-45-42-39-35-31-27-23-19-15-11-7-3)84-104-91(96)78-74-70-66-62-58-54-51-47-44-41-38-34-30-26-22-18-14-10-6-2/h9-10,13-14,21-23,25-27,33-35,37-39,43-48,53-54,57-58,66,70,87-89,94H,5-8,11-12,15-20,24,28-32,36,40-42,49-52,55-56,59-65,67-69,71-86H2,1-4H3,(H,99,100)(H,101,102)/b13-9-,14-10-,25-21-,26-22-,27-23-,37-33-,38-34-,39-35-,46-43-,47-44-,48-45-,57-53-,58-54-,70-66-. The summed E-state index contributed by atoms with van der Waals surface area (Å²) < 4.78 is 68.8. The fourth-order valence-electron chi connectivity index (χ4n) is 11.2. The van der Waals surface area contributed by atoms with Crippen molar-refractivity contribution in [3.63, 3.8) is 0 Å². The summed E-state index contributed by atoms with van der Waals surface area (Å²) in [7, 11) is -10.0. The molecule has 0 saturated carbocycles. The topological polar surface area (TPSA) is 237 Å². The average molecular weight is 1610 g/mol. The highest BCUT2D eigenvalue weighted by Gasteiger charge is 2.30. The second-order valence-electron chi connectivity index (χ2n) is 28.4. The Morgan fingerprint density at radius 2 is 0.482 bits per heavy atom. The number of hydrogen-bond acceptors (Lipinski definition) is 15. The molecule has 0 radical (unpaired) electrons. The lowest BCUT2D eigenvalue weighted by Gasteiger charge is -2.21. The Morgan fingerprint density at radius 3 is 0.795 bits per heavy atom. The van der Waals surface area contributed by atoms with Gasteiger partial charge in [-0.05, 0) is 148 Å². The minimum absolute atomic E-state index is 0.0276. The highest BCUT2D eigenvalue weighted by atomic mass is 31.2. The number of esters is 4. The zero-order chi connectivity index (χ0) is 81.7. The molecule has 112 heavy (non-hydrogen) atoms. The van der Waals surface area contributed by atoms with Crippen LogP contribution in [0.1, 0.15) is 336 Å². The number of aliphatic hydroxyl groups excluding tert-OH is 1. The Kier molecular flexibility index (Phi) is 79.2. The smallest absolute Gasteiger partial charge is 0.462 e. The van der Waals surface area contributed by atoms with Crippen LogP contribution in [0.25, 0.3) is 0 Å². The number of allylic oxidation sites excluding steroid dienone is 28. The van der Waals surface area contributed by atoms with Crippen LogP contribution in [-0.4, -0.2) is 96.7 Å². The van der Waals surface area contributed by atoms with Crippen molar-refractivity contribution in [2.75, 3.05) is 39.6 Å². The van der Waals surface area contributed by atoms with Gasteiger partial charge in [0.25, 0.3) is 0 Å². The fraction of sp³-hybridized carbons (Fsp3) is 0.656. The molecule has 0 saturated heterocycles. The highest BCUT2D eigenvalue weighted by molar-refractivity contribution is 7.47. The number of rotatable bonds is 80. The first-order chi connectivity index (χ1) is 54.7. The van der Waals surface area contributed by atoms with Gasteiger partial charge in [0.15, 0.2) is 12.2 Å². The molecule has 0 rings (SSSR count). The predicted molar refractivity (Wildman–Crippen MR) is 463 cm³/mol. The van der Waals surface area contributed by atoms with Gasteiger partial charge in [0.05, 0.1) is 26.4 Å². The minimum Gasteiger partial charge on any atom is -0.462 e. The van der Waals surface area contributed by atoms with Crippen molar-refractivity contribution >= 4 is 39.5 Å². The first-order valence-electron chi connectivity index (χ1n) is 43.4. The molecule has 0 heterocycles. The van der Waals surface area contributed by atoms with E-state index in [9.17, 15) is 43.2 Å². The van der Waals surface area contributed by atoms with Crippen molar-refractivity contribution in [3.05, 3.63) is 170 Å². The third-order valence-corrected chi connectivity index (χ3v) is 19.6. The second-order valence-corrected chi connectivity index (χ2v) is 31.3. The number of hydrogen-bond donors (Lipinski definition) is 3. The van der Waals surface area contributed by atoms with Crippen LogP contribution in [0, 0.1) is 0 Å². The van der Waals surface area contributed by atoms with E-state index in [4.69, 9.17) is 37.0 Å². The van der Waals surface area contributed by atoms with Gasteiger partial charge in [-0.15, -0.1) is 0 Å². The molecule has 19 heteroatoms. The van der Waals surface area contributed by atoms with Crippen LogP contribution in [0.5, 0.6) is 0 Å². The van der Waals surface area contributed by atoms with E-state index in [1.165, 1.54) is 83.5 Å². The summed E-state index contributed by atoms with van der Waals surface area (Å²) >= 11 is 0. The summed E-state index contributed by atoms with van der Waals surface area (Å²) in [6.45, 7) is 4.52. The van der Waals surface area contributed by atoms with Gasteiger partial charge in [0.2, 0.25) is 0 Å². The summed E-state index contributed by atoms with van der Waals surface area (Å²) in [5.41, 5.74) is 0. The fourth-order valence-corrected chi connectivity index (χ4v) is 12.7. The minimum atomic E-state index is -5.01. The van der Waals surface area contributed by atoms with Gasteiger partial charge in [0.1, 0.15) is 19.3 Å². The van der Waals surface area contributed by atoms with E-state index in [1.54, 1.807) is 0 Å². The molecule has 5 atom stereocenters. The number of carbonyl (C=O) groups excluding carboxylic acids is 4. The Hall–Kier alpha value is -5.58. The molecule has 0 aliphatic carbocycles. The van der Waals surface area contributed by atoms with Crippen LogP contribution in [0.3, 0.4) is 0 Å². The molecule has 0 aromatic heterocycles. The van der Waals surface area contributed by atoms with Crippen molar-refractivity contribution in [3.8, 4) is 0 Å². The lowest BCUT2D eigenvalue weighted by atomic mass is 10.0. The SMILES string of the molecule is CC/C=C\C/C=C\C/C=C\C/C=C\C/C=C\C/C=C\CCC(=O)OCC(COP(=O)(O)OCC(O)COP(=O)(O)OCC(COC(=O)CCCCC/C=C\C/C=C\C/C=C\C/C=C\C/C=C\CC)OC(=O)CCCCCCCCCCCCCCCCC)OC(=O)CCCCCCCC/C=C\C/C=C\C/C=C\CCCCC. The van der Waals surface area contributed by atoms with Crippen LogP contribution in [0.15, 0.2) is 170 Å². The summed E-state index contributed by atoms with van der Waals surface area (Å²) in [6.07, 6.45) is 100. The van der Waals surface area contributed by atoms with E-state index in [-0.39, 0.29) is 25.7 Å². The van der Waals surface area contributed by atoms with E-state index in [0.29, 0.717) is 32.1 Å². The lowest BCUT2D eigenvalue weighted by molar-refractivity contribution is -0.161. The summed E-state index contributed by atoms with van der Waals surface area (Å²) in [5.74, 6) is -2.32. The number of aliphatic hydroxyl groups is 1. The number of ether oxygens (including phenoxy) is 4. The second kappa shape index (κ2) is 83.4. The van der Waals surface area contributed by atoms with Crippen LogP contribution in [-0.2, 0) is 65.4 Å². The Balaban J connectivity index is 5.49. The van der Waals surface area contributed by atoms with E-state index in [0.717, 1.165) is 167 Å². The molecule has 0 spiro atoms. The maximum atomic E-state index is 13.2. The highest BCUT2D eigenvalue weighted by Crippen LogP contribution is 2.45. The lowest BCUT2D eigenvalue weighted by Crippen LogP contribution is -2.30. The third-order valence-electron chi connectivity index (χ3n) is 17.7. The summed E-state index contributed by atoms with van der Waals surface area (Å²) in [5, 5.41) is 10.7. The number of carbonyl (C=O) groups is 4. The van der Waals surface area contributed by atoms with Crippen LogP contribution in [0.4, 0.5) is 0 Å². The molecule has 5 unspecified atom stereocenters. The zero-order valence-corrected chi connectivity index (χ0v) is 71.8. The molecule has 0 bridgehead atoms. The van der Waals surface area contributed by atoms with Gasteiger partial charge in [-0.25, -0.2) is 9.13 Å². The largest absolute Gasteiger partial charge is 0.472 e. The number of phosphoric acid groups is 2. The molecule has 17 nitrogen and oxygen atoms in total. The molecule has 0 aromatic rings. The Bertz CT molecular complexity index is 2790. The summed E-state index contributed by atoms with van der Waals surface area (Å²) in [4.78, 5) is 73.3. The van der Waals surface area contributed by atoms with Crippen LogP contribution < -0.4 is 0 Å². The average Bonchev–Trinajstić information content (AvgIpc) is 0.898. The van der Waals surface area contributed by atoms with Crippen molar-refractivity contribution < 1.29 is 80.2 Å². The van der Waals surface area contributed by atoms with Gasteiger partial charge in [-0.2, -0.15) is 0 Å². The monoisotopic (exact) mass is 1610 g/mol. The molecular weight excluding hydrogens is 1450 g/mol. The Labute approximate surface area is 680 Å². The van der Waals surface area contributed by atoms with Crippen LogP contribution in [0.2, 0.25) is 0 Å². The van der Waals surface area contributed by atoms with Crippen molar-refractivity contribution in [2.45, 2.75) is 354 Å². The third kappa shape index (κ3) is 82.4. The van der Waals surface area contributed by atoms with Crippen molar-refractivity contribution in [1.82, 2.24) is 0 Å². The first kappa shape index (κ1) is 106. The molecule has 0 aliphatic rings. The quantitative estimate of drug-likeness (QED) is 0.0169. The van der Waals surface area contributed by atoms with Gasteiger partial charge >= 0.3 is 39.5 Å². The maximum Gasteiger partial charge on any atom is 0.472 e.